The zero-order valence-corrected chi connectivity index (χ0v) is 9.48. The fraction of sp³-hybridized carbons (Fsp3) is 0.0833. The lowest BCUT2D eigenvalue weighted by Crippen LogP contribution is -2.25. The van der Waals surface area contributed by atoms with E-state index in [0.717, 1.165) is 0 Å². The monoisotopic (exact) mass is 243 g/mol. The zero-order valence-electron chi connectivity index (χ0n) is 9.48. The molecule has 0 unspecified atom stereocenters. The van der Waals surface area contributed by atoms with Crippen LogP contribution < -0.4 is 16.0 Å². The molecule has 1 heterocycles. The number of benzene rings is 1. The molecule has 1 aromatic carbocycles. The van der Waals surface area contributed by atoms with Crippen LogP contribution in [0.5, 0.6) is 5.75 Å². The number of H-pyrrole nitrogens is 2. The summed E-state index contributed by atoms with van der Waals surface area (Å²) in [7, 11) is 1.50. The van der Waals surface area contributed by atoms with E-state index in [4.69, 9.17) is 10.00 Å². The Kier molecular flexibility index (Phi) is 2.98. The second-order valence-corrected chi connectivity index (χ2v) is 3.50. The number of aromatic nitrogens is 2. The summed E-state index contributed by atoms with van der Waals surface area (Å²) in [5.74, 6) is 0.567. The molecule has 0 aliphatic heterocycles. The molecular weight excluding hydrogens is 234 g/mol. The average Bonchev–Trinajstić information content (AvgIpc) is 2.38. The lowest BCUT2D eigenvalue weighted by Gasteiger charge is -2.05. The van der Waals surface area contributed by atoms with Crippen LogP contribution in [-0.2, 0) is 0 Å². The number of methoxy groups -OCH3 is 1. The van der Waals surface area contributed by atoms with E-state index in [1.807, 2.05) is 4.98 Å². The maximum atomic E-state index is 11.5. The van der Waals surface area contributed by atoms with Gasteiger partial charge in [0.15, 0.2) is 0 Å². The summed E-state index contributed by atoms with van der Waals surface area (Å²) < 4.78 is 5.05. The highest BCUT2D eigenvalue weighted by Gasteiger charge is 2.11. The van der Waals surface area contributed by atoms with E-state index in [1.54, 1.807) is 30.3 Å². The molecule has 18 heavy (non-hydrogen) atoms. The van der Waals surface area contributed by atoms with Crippen LogP contribution in [0.2, 0.25) is 0 Å². The van der Waals surface area contributed by atoms with E-state index in [1.165, 1.54) is 7.11 Å². The van der Waals surface area contributed by atoms with Crippen LogP contribution in [0, 0.1) is 11.3 Å². The van der Waals surface area contributed by atoms with E-state index in [2.05, 4.69) is 4.98 Å². The molecule has 2 rings (SSSR count). The van der Waals surface area contributed by atoms with Crippen molar-refractivity contribution in [1.82, 2.24) is 9.97 Å². The van der Waals surface area contributed by atoms with Crippen molar-refractivity contribution < 1.29 is 4.74 Å². The Labute approximate surface area is 101 Å². The number of nitrogens with zero attached hydrogens (tertiary/aromatic N) is 1. The third kappa shape index (κ3) is 2.01. The molecule has 0 amide bonds. The van der Waals surface area contributed by atoms with Crippen molar-refractivity contribution in [3.8, 4) is 23.1 Å². The van der Waals surface area contributed by atoms with Crippen LogP contribution in [0.25, 0.3) is 11.3 Å². The third-order valence-corrected chi connectivity index (χ3v) is 2.41. The first kappa shape index (κ1) is 11.7. The third-order valence-electron chi connectivity index (χ3n) is 2.41. The molecular formula is C12H9N3O3. The van der Waals surface area contributed by atoms with Crippen LogP contribution in [0.1, 0.15) is 5.56 Å². The number of nitriles is 1. The SMILES string of the molecule is COc1cccc(-c2[nH]c(=O)[nH]c(=O)c2C#N)c1. The van der Waals surface area contributed by atoms with Crippen molar-refractivity contribution in [3.63, 3.8) is 0 Å². The molecule has 0 saturated heterocycles. The smallest absolute Gasteiger partial charge is 0.326 e. The van der Waals surface area contributed by atoms with Crippen LogP contribution in [0.3, 0.4) is 0 Å². The standard InChI is InChI=1S/C12H9N3O3/c1-18-8-4-2-3-7(5-8)10-9(6-13)11(16)15-12(17)14-10/h2-5H,1H3,(H2,14,15,16,17). The van der Waals surface area contributed by atoms with Gasteiger partial charge in [-0.3, -0.25) is 9.78 Å². The van der Waals surface area contributed by atoms with Crippen LogP contribution in [-0.4, -0.2) is 17.1 Å². The topological polar surface area (TPSA) is 98.7 Å². The van der Waals surface area contributed by atoms with Gasteiger partial charge in [0.05, 0.1) is 12.8 Å². The first-order valence-corrected chi connectivity index (χ1v) is 5.07. The maximum Gasteiger partial charge on any atom is 0.326 e. The maximum absolute atomic E-state index is 11.5. The van der Waals surface area contributed by atoms with Gasteiger partial charge >= 0.3 is 5.69 Å². The zero-order chi connectivity index (χ0) is 13.1. The second-order valence-electron chi connectivity index (χ2n) is 3.50. The normalized spacial score (nSPS) is 9.78. The van der Waals surface area contributed by atoms with Crippen LogP contribution in [0.4, 0.5) is 0 Å². The van der Waals surface area contributed by atoms with Gasteiger partial charge < -0.3 is 9.72 Å². The molecule has 0 aliphatic rings. The number of nitrogens with one attached hydrogen (secondary N) is 2. The summed E-state index contributed by atoms with van der Waals surface area (Å²) in [6, 6.07) is 8.50. The number of ether oxygens (including phenoxy) is 1. The quantitative estimate of drug-likeness (QED) is 0.807. The second kappa shape index (κ2) is 4.59. The minimum Gasteiger partial charge on any atom is -0.497 e. The highest BCUT2D eigenvalue weighted by Crippen LogP contribution is 2.22. The Morgan fingerprint density at radius 1 is 1.28 bits per heavy atom. The van der Waals surface area contributed by atoms with Gasteiger partial charge in [-0.15, -0.1) is 0 Å². The average molecular weight is 243 g/mol. The van der Waals surface area contributed by atoms with Gasteiger partial charge in [-0.2, -0.15) is 5.26 Å². The van der Waals surface area contributed by atoms with Crippen LogP contribution in [0.15, 0.2) is 33.9 Å². The molecule has 0 atom stereocenters. The van der Waals surface area contributed by atoms with E-state index >= 15 is 0 Å². The van der Waals surface area contributed by atoms with E-state index < -0.39 is 11.2 Å². The molecule has 6 heteroatoms. The Morgan fingerprint density at radius 3 is 2.72 bits per heavy atom. The van der Waals surface area contributed by atoms with Crippen molar-refractivity contribution in [2.45, 2.75) is 0 Å². The molecule has 2 N–H and O–H groups in total. The molecule has 2 aromatic rings. The minimum atomic E-state index is -0.709. The Morgan fingerprint density at radius 2 is 2.06 bits per heavy atom. The number of hydrogen-bond acceptors (Lipinski definition) is 4. The van der Waals surface area contributed by atoms with Gasteiger partial charge in [0.25, 0.3) is 5.56 Å². The van der Waals surface area contributed by atoms with Gasteiger partial charge in [0.1, 0.15) is 17.4 Å². The summed E-state index contributed by atoms with van der Waals surface area (Å²) in [5, 5.41) is 8.95. The fourth-order valence-corrected chi connectivity index (χ4v) is 1.59. The molecule has 0 fully saturated rings. The summed E-state index contributed by atoms with van der Waals surface area (Å²) in [6.07, 6.45) is 0. The lowest BCUT2D eigenvalue weighted by molar-refractivity contribution is 0.415. The summed E-state index contributed by atoms with van der Waals surface area (Å²) >= 11 is 0. The molecule has 0 aliphatic carbocycles. The van der Waals surface area contributed by atoms with Crippen molar-refractivity contribution >= 4 is 0 Å². The highest BCUT2D eigenvalue weighted by atomic mass is 16.5. The predicted octanol–water partition coefficient (Wildman–Crippen LogP) is 0.610. The summed E-state index contributed by atoms with van der Waals surface area (Å²) in [6.45, 7) is 0. The predicted molar refractivity (Wildman–Crippen MR) is 64.4 cm³/mol. The fourth-order valence-electron chi connectivity index (χ4n) is 1.59. The van der Waals surface area contributed by atoms with Gasteiger partial charge in [-0.05, 0) is 12.1 Å². The molecule has 0 spiro atoms. The van der Waals surface area contributed by atoms with Gasteiger partial charge in [-0.1, -0.05) is 12.1 Å². The van der Waals surface area contributed by atoms with Crippen LogP contribution >= 0.6 is 0 Å². The molecule has 0 bridgehead atoms. The van der Waals surface area contributed by atoms with Gasteiger partial charge in [0.2, 0.25) is 0 Å². The molecule has 0 radical (unpaired) electrons. The Hall–Kier alpha value is -2.81. The van der Waals surface area contributed by atoms with E-state index in [9.17, 15) is 9.59 Å². The summed E-state index contributed by atoms with van der Waals surface area (Å²) in [4.78, 5) is 27.2. The van der Waals surface area contributed by atoms with Crippen molar-refractivity contribution in [2.75, 3.05) is 7.11 Å². The van der Waals surface area contributed by atoms with Crippen molar-refractivity contribution in [2.24, 2.45) is 0 Å². The molecule has 0 saturated carbocycles. The number of aromatic amines is 2. The van der Waals surface area contributed by atoms with Crippen molar-refractivity contribution in [3.05, 3.63) is 50.7 Å². The van der Waals surface area contributed by atoms with E-state index in [-0.39, 0.29) is 11.3 Å². The first-order chi connectivity index (χ1) is 8.65. The Bertz CT molecular complexity index is 737. The minimum absolute atomic E-state index is 0.136. The molecule has 90 valence electrons. The summed E-state index contributed by atoms with van der Waals surface area (Å²) in [5.41, 5.74) is -0.780. The van der Waals surface area contributed by atoms with Gasteiger partial charge in [0, 0.05) is 5.56 Å². The molecule has 6 nitrogen and oxygen atoms in total. The van der Waals surface area contributed by atoms with E-state index in [0.29, 0.717) is 11.3 Å². The Balaban J connectivity index is 2.74. The molecule has 1 aromatic heterocycles. The largest absolute Gasteiger partial charge is 0.497 e. The van der Waals surface area contributed by atoms with Gasteiger partial charge in [-0.25, -0.2) is 4.79 Å². The number of rotatable bonds is 2. The van der Waals surface area contributed by atoms with Crippen molar-refractivity contribution in [1.29, 1.82) is 5.26 Å². The first-order valence-electron chi connectivity index (χ1n) is 5.07. The highest BCUT2D eigenvalue weighted by molar-refractivity contribution is 5.66. The lowest BCUT2D eigenvalue weighted by atomic mass is 10.1. The number of hydrogen-bond donors (Lipinski definition) is 2.